The number of anilines is 1. The highest BCUT2D eigenvalue weighted by Crippen LogP contribution is 2.38. The molecule has 1 aliphatic carbocycles. The number of benzene rings is 2. The van der Waals surface area contributed by atoms with E-state index in [0.29, 0.717) is 0 Å². The summed E-state index contributed by atoms with van der Waals surface area (Å²) in [6, 6.07) is 10.7. The minimum Gasteiger partial charge on any atom is -0.387 e. The highest BCUT2D eigenvalue weighted by atomic mass is 79.9. The van der Waals surface area contributed by atoms with Gasteiger partial charge in [0, 0.05) is 33.7 Å². The zero-order chi connectivity index (χ0) is 14.4. The molecule has 0 saturated heterocycles. The summed E-state index contributed by atoms with van der Waals surface area (Å²) in [5, 5.41) is 7.12. The summed E-state index contributed by atoms with van der Waals surface area (Å²) in [4.78, 5) is 5.03. The smallest absolute Gasteiger partial charge is 0.0805 e. The molecule has 1 aromatic heterocycles. The van der Waals surface area contributed by atoms with Gasteiger partial charge in [-0.05, 0) is 42.7 Å². The Bertz CT molecular complexity index is 855. The number of aryl methyl sites for hydroxylation is 1. The molecule has 0 aliphatic heterocycles. The molecule has 1 heterocycles. The molecular formula is C18H17BrN2. The molecule has 2 nitrogen and oxygen atoms in total. The van der Waals surface area contributed by atoms with Gasteiger partial charge >= 0.3 is 0 Å². The van der Waals surface area contributed by atoms with Crippen molar-refractivity contribution in [1.82, 2.24) is 4.98 Å². The molecule has 106 valence electrons. The number of nitrogens with zero attached hydrogens (tertiary/aromatic N) is 1. The van der Waals surface area contributed by atoms with Crippen LogP contribution >= 0.6 is 15.9 Å². The molecular weight excluding hydrogens is 324 g/mol. The Morgan fingerprint density at radius 1 is 1.05 bits per heavy atom. The Balaban J connectivity index is 2.20. The molecule has 0 saturated carbocycles. The van der Waals surface area contributed by atoms with E-state index < -0.39 is 0 Å². The zero-order valence-electron chi connectivity index (χ0n) is 12.0. The van der Waals surface area contributed by atoms with Gasteiger partial charge in [0.25, 0.3) is 0 Å². The number of hydrogen-bond acceptors (Lipinski definition) is 2. The van der Waals surface area contributed by atoms with Crippen molar-refractivity contribution in [3.63, 3.8) is 0 Å². The number of fused-ring (bicyclic) bond motifs is 4. The van der Waals surface area contributed by atoms with E-state index in [0.717, 1.165) is 22.8 Å². The summed E-state index contributed by atoms with van der Waals surface area (Å²) in [5.74, 6) is 0. The van der Waals surface area contributed by atoms with Crippen molar-refractivity contribution < 1.29 is 0 Å². The van der Waals surface area contributed by atoms with Gasteiger partial charge in [0.1, 0.15) is 0 Å². The molecule has 1 aliphatic rings. The molecule has 0 bridgehead atoms. The Labute approximate surface area is 132 Å². The summed E-state index contributed by atoms with van der Waals surface area (Å²) in [5.41, 5.74) is 5.09. The van der Waals surface area contributed by atoms with Crippen molar-refractivity contribution in [3.8, 4) is 0 Å². The highest BCUT2D eigenvalue weighted by molar-refractivity contribution is 9.10. The SMILES string of the molecule is CNc1c2c(nc3c1cc(Br)c1ccccc13)CCCC2. The highest BCUT2D eigenvalue weighted by Gasteiger charge is 2.19. The Morgan fingerprint density at radius 2 is 1.81 bits per heavy atom. The van der Waals surface area contributed by atoms with E-state index in [9.17, 15) is 0 Å². The number of halogens is 1. The molecule has 4 rings (SSSR count). The maximum atomic E-state index is 5.03. The van der Waals surface area contributed by atoms with Crippen LogP contribution in [0.2, 0.25) is 0 Å². The molecule has 0 radical (unpaired) electrons. The Kier molecular flexibility index (Phi) is 3.11. The van der Waals surface area contributed by atoms with Crippen LogP contribution in [0.5, 0.6) is 0 Å². The monoisotopic (exact) mass is 340 g/mol. The first-order valence-corrected chi connectivity index (χ1v) is 8.29. The van der Waals surface area contributed by atoms with Crippen molar-refractivity contribution in [3.05, 3.63) is 46.1 Å². The third-order valence-electron chi connectivity index (χ3n) is 4.47. The molecule has 0 unspecified atom stereocenters. The molecule has 0 spiro atoms. The first-order valence-electron chi connectivity index (χ1n) is 7.50. The van der Waals surface area contributed by atoms with Gasteiger partial charge in [-0.1, -0.05) is 40.2 Å². The van der Waals surface area contributed by atoms with Gasteiger partial charge in [0.05, 0.1) is 5.52 Å². The van der Waals surface area contributed by atoms with Crippen molar-refractivity contribution in [2.24, 2.45) is 0 Å². The number of pyridine rings is 1. The van der Waals surface area contributed by atoms with Gasteiger partial charge in [0.15, 0.2) is 0 Å². The maximum Gasteiger partial charge on any atom is 0.0805 e. The number of rotatable bonds is 1. The third kappa shape index (κ3) is 1.95. The predicted molar refractivity (Wildman–Crippen MR) is 93.1 cm³/mol. The normalized spacial score (nSPS) is 14.4. The maximum absolute atomic E-state index is 5.03. The lowest BCUT2D eigenvalue weighted by molar-refractivity contribution is 0.672. The van der Waals surface area contributed by atoms with Gasteiger partial charge in [-0.3, -0.25) is 4.98 Å². The summed E-state index contributed by atoms with van der Waals surface area (Å²) < 4.78 is 1.14. The quantitative estimate of drug-likeness (QED) is 0.625. The summed E-state index contributed by atoms with van der Waals surface area (Å²) in [6.07, 6.45) is 4.76. The second kappa shape index (κ2) is 4.99. The first kappa shape index (κ1) is 13.1. The molecule has 3 heteroatoms. The van der Waals surface area contributed by atoms with Crippen molar-refractivity contribution in [2.75, 3.05) is 12.4 Å². The van der Waals surface area contributed by atoms with E-state index >= 15 is 0 Å². The molecule has 2 aromatic carbocycles. The molecule has 1 N–H and O–H groups in total. The molecule has 0 atom stereocenters. The van der Waals surface area contributed by atoms with E-state index in [1.807, 2.05) is 7.05 Å². The Hall–Kier alpha value is -1.61. The average molecular weight is 341 g/mol. The van der Waals surface area contributed by atoms with E-state index in [-0.39, 0.29) is 0 Å². The van der Waals surface area contributed by atoms with Crippen LogP contribution in [0, 0.1) is 0 Å². The van der Waals surface area contributed by atoms with Crippen LogP contribution in [0.25, 0.3) is 21.7 Å². The number of aromatic nitrogens is 1. The fourth-order valence-electron chi connectivity index (χ4n) is 3.49. The summed E-state index contributed by atoms with van der Waals surface area (Å²) in [7, 11) is 2.02. The fraction of sp³-hybridized carbons (Fsp3) is 0.278. The van der Waals surface area contributed by atoms with Crippen molar-refractivity contribution in [2.45, 2.75) is 25.7 Å². The van der Waals surface area contributed by atoms with Crippen LogP contribution in [-0.2, 0) is 12.8 Å². The van der Waals surface area contributed by atoms with E-state index in [4.69, 9.17) is 4.98 Å². The van der Waals surface area contributed by atoms with E-state index in [2.05, 4.69) is 51.6 Å². The van der Waals surface area contributed by atoms with Crippen LogP contribution in [0.3, 0.4) is 0 Å². The minimum atomic E-state index is 1.10. The lowest BCUT2D eigenvalue weighted by atomic mass is 9.92. The van der Waals surface area contributed by atoms with Crippen LogP contribution in [0.4, 0.5) is 5.69 Å². The second-order valence-electron chi connectivity index (χ2n) is 5.67. The van der Waals surface area contributed by atoms with E-state index in [1.54, 1.807) is 0 Å². The van der Waals surface area contributed by atoms with Crippen LogP contribution in [-0.4, -0.2) is 12.0 Å². The molecule has 0 amide bonds. The van der Waals surface area contributed by atoms with Gasteiger partial charge in [-0.2, -0.15) is 0 Å². The van der Waals surface area contributed by atoms with Crippen molar-refractivity contribution in [1.29, 1.82) is 0 Å². The van der Waals surface area contributed by atoms with Gasteiger partial charge in [0.2, 0.25) is 0 Å². The van der Waals surface area contributed by atoms with Crippen LogP contribution in [0.1, 0.15) is 24.1 Å². The van der Waals surface area contributed by atoms with Crippen LogP contribution < -0.4 is 5.32 Å². The number of nitrogens with one attached hydrogen (secondary N) is 1. The topological polar surface area (TPSA) is 24.9 Å². The van der Waals surface area contributed by atoms with Gasteiger partial charge < -0.3 is 5.32 Å². The summed E-state index contributed by atoms with van der Waals surface area (Å²) >= 11 is 3.72. The largest absolute Gasteiger partial charge is 0.387 e. The third-order valence-corrected chi connectivity index (χ3v) is 5.13. The standard InChI is InChI=1S/C18H17BrN2/c1-20-17-13-8-4-5-9-16(13)21-18-12-7-3-2-6-11(12)15(19)10-14(17)18/h2-3,6-7,10H,4-5,8-9H2,1H3,(H,20,21). The predicted octanol–water partition coefficient (Wildman–Crippen LogP) is 5.07. The summed E-state index contributed by atoms with van der Waals surface area (Å²) in [6.45, 7) is 0. The first-order chi connectivity index (χ1) is 10.3. The second-order valence-corrected chi connectivity index (χ2v) is 6.52. The Morgan fingerprint density at radius 3 is 2.62 bits per heavy atom. The van der Waals surface area contributed by atoms with Crippen molar-refractivity contribution >= 4 is 43.3 Å². The fourth-order valence-corrected chi connectivity index (χ4v) is 4.07. The van der Waals surface area contributed by atoms with E-state index in [1.165, 1.54) is 45.9 Å². The lowest BCUT2D eigenvalue weighted by Crippen LogP contribution is -2.09. The number of hydrogen-bond donors (Lipinski definition) is 1. The average Bonchev–Trinajstić information content (AvgIpc) is 2.53. The van der Waals surface area contributed by atoms with Crippen LogP contribution in [0.15, 0.2) is 34.8 Å². The minimum absolute atomic E-state index is 1.10. The molecule has 3 aromatic rings. The lowest BCUT2D eigenvalue weighted by Gasteiger charge is -2.21. The molecule has 21 heavy (non-hydrogen) atoms. The van der Waals surface area contributed by atoms with Gasteiger partial charge in [-0.25, -0.2) is 0 Å². The van der Waals surface area contributed by atoms with Gasteiger partial charge in [-0.15, -0.1) is 0 Å². The zero-order valence-corrected chi connectivity index (χ0v) is 13.6. The molecule has 0 fully saturated rings.